The normalized spacial score (nSPS) is 9.94. The van der Waals surface area contributed by atoms with E-state index in [1.165, 1.54) is 0 Å². The second-order valence-corrected chi connectivity index (χ2v) is 2.48. The van der Waals surface area contributed by atoms with Crippen LogP contribution < -0.4 is 14.2 Å². The van der Waals surface area contributed by atoms with Crippen LogP contribution >= 0.6 is 0 Å². The molecule has 0 saturated carbocycles. The van der Waals surface area contributed by atoms with Gasteiger partial charge in [0.15, 0.2) is 5.75 Å². The molecule has 0 aromatic heterocycles. The molecule has 0 saturated heterocycles. The second-order valence-electron chi connectivity index (χ2n) is 2.48. The first-order valence-electron chi connectivity index (χ1n) is 4.14. The van der Waals surface area contributed by atoms with E-state index in [0.29, 0.717) is 0 Å². The van der Waals surface area contributed by atoms with Crippen LogP contribution in [0.25, 0.3) is 0 Å². The quantitative estimate of drug-likeness (QED) is 0.764. The standard InChI is InChI=1S/C9H8F3O4/c10-3-14-7-2-1-6(13)8(15-4-11)9(7)16-5-12/h1-2H,3-5H2. The molecule has 0 spiro atoms. The molecule has 1 radical (unpaired) electrons. The molecule has 1 rings (SSSR count). The Morgan fingerprint density at radius 3 is 2.00 bits per heavy atom. The van der Waals surface area contributed by atoms with E-state index in [4.69, 9.17) is 0 Å². The number of halogens is 3. The predicted octanol–water partition coefficient (Wildman–Crippen LogP) is 2.75. The molecule has 0 unspecified atom stereocenters. The fraction of sp³-hybridized carbons (Fsp3) is 0.333. The van der Waals surface area contributed by atoms with Gasteiger partial charge >= 0.3 is 0 Å². The van der Waals surface area contributed by atoms with E-state index in [9.17, 15) is 18.3 Å². The molecule has 1 aromatic carbocycles. The highest BCUT2D eigenvalue weighted by atomic mass is 19.1. The van der Waals surface area contributed by atoms with Gasteiger partial charge < -0.3 is 14.2 Å². The molecule has 0 fully saturated rings. The second kappa shape index (κ2) is 5.94. The lowest BCUT2D eigenvalue weighted by Crippen LogP contribution is -2.01. The molecule has 0 bridgehead atoms. The molecular formula is C9H8F3O4. The minimum atomic E-state index is -1.29. The van der Waals surface area contributed by atoms with Crippen LogP contribution in [0.3, 0.4) is 0 Å². The molecule has 0 atom stereocenters. The van der Waals surface area contributed by atoms with Gasteiger partial charge in [0.05, 0.1) is 0 Å². The van der Waals surface area contributed by atoms with Crippen LogP contribution in [0.5, 0.6) is 23.0 Å². The van der Waals surface area contributed by atoms with Crippen molar-refractivity contribution in [2.45, 2.75) is 0 Å². The summed E-state index contributed by atoms with van der Waals surface area (Å²) < 4.78 is 49.1. The SMILES string of the molecule is [O]c1ccc(OCF)c(OCF)c1OCF. The topological polar surface area (TPSA) is 47.6 Å². The average molecular weight is 237 g/mol. The Balaban J connectivity index is 3.14. The van der Waals surface area contributed by atoms with Crippen molar-refractivity contribution in [3.63, 3.8) is 0 Å². The fourth-order valence-electron chi connectivity index (χ4n) is 1.08. The Hall–Kier alpha value is -1.79. The summed E-state index contributed by atoms with van der Waals surface area (Å²) in [6.45, 7) is -3.78. The molecule has 0 amide bonds. The van der Waals surface area contributed by atoms with Gasteiger partial charge in [0.1, 0.15) is 0 Å². The van der Waals surface area contributed by atoms with Gasteiger partial charge in [-0.25, -0.2) is 13.2 Å². The molecule has 4 nitrogen and oxygen atoms in total. The molecule has 0 N–H and O–H groups in total. The highest BCUT2D eigenvalue weighted by Crippen LogP contribution is 2.44. The lowest BCUT2D eigenvalue weighted by Gasteiger charge is -2.12. The summed E-state index contributed by atoms with van der Waals surface area (Å²) in [6.07, 6.45) is 0. The zero-order valence-electron chi connectivity index (χ0n) is 8.04. The summed E-state index contributed by atoms with van der Waals surface area (Å²) in [4.78, 5) is 0. The van der Waals surface area contributed by atoms with Crippen LogP contribution in [0, 0.1) is 0 Å². The van der Waals surface area contributed by atoms with Crippen LogP contribution in [-0.2, 0) is 5.11 Å². The Labute approximate surface area is 89.2 Å². The third-order valence-corrected chi connectivity index (χ3v) is 1.65. The Morgan fingerprint density at radius 1 is 0.875 bits per heavy atom. The van der Waals surface area contributed by atoms with Crippen molar-refractivity contribution in [3.8, 4) is 23.0 Å². The number of hydrogen-bond acceptors (Lipinski definition) is 3. The van der Waals surface area contributed by atoms with Crippen LogP contribution in [0.1, 0.15) is 0 Å². The molecule has 0 aliphatic heterocycles. The molecule has 0 aliphatic rings. The van der Waals surface area contributed by atoms with Crippen molar-refractivity contribution in [2.24, 2.45) is 0 Å². The molecular weight excluding hydrogens is 229 g/mol. The van der Waals surface area contributed by atoms with Crippen molar-refractivity contribution in [1.29, 1.82) is 0 Å². The highest BCUT2D eigenvalue weighted by molar-refractivity contribution is 5.58. The van der Waals surface area contributed by atoms with Gasteiger partial charge in [0.25, 0.3) is 0 Å². The minimum absolute atomic E-state index is 0.233. The van der Waals surface area contributed by atoms with Crippen molar-refractivity contribution in [2.75, 3.05) is 20.6 Å². The molecule has 0 aliphatic carbocycles. The number of ether oxygens (including phenoxy) is 3. The maximum absolute atomic E-state index is 12.0. The van der Waals surface area contributed by atoms with Gasteiger partial charge in [-0.2, -0.15) is 0 Å². The monoisotopic (exact) mass is 237 g/mol. The van der Waals surface area contributed by atoms with E-state index in [-0.39, 0.29) is 5.75 Å². The lowest BCUT2D eigenvalue weighted by atomic mass is 10.2. The van der Waals surface area contributed by atoms with Gasteiger partial charge in [-0.05, 0) is 12.1 Å². The first-order valence-corrected chi connectivity index (χ1v) is 4.14. The number of hydrogen-bond donors (Lipinski definition) is 0. The molecule has 89 valence electrons. The van der Waals surface area contributed by atoms with E-state index in [0.717, 1.165) is 12.1 Å². The Morgan fingerprint density at radius 2 is 1.44 bits per heavy atom. The van der Waals surface area contributed by atoms with Crippen LogP contribution in [0.2, 0.25) is 0 Å². The largest absolute Gasteiger partial charge is 0.459 e. The minimum Gasteiger partial charge on any atom is -0.459 e. The maximum atomic E-state index is 12.0. The van der Waals surface area contributed by atoms with Crippen LogP contribution in [0.4, 0.5) is 13.2 Å². The zero-order valence-corrected chi connectivity index (χ0v) is 8.04. The van der Waals surface area contributed by atoms with Crippen LogP contribution in [-0.4, -0.2) is 20.6 Å². The number of benzene rings is 1. The van der Waals surface area contributed by atoms with Gasteiger partial charge in [-0.15, -0.1) is 0 Å². The summed E-state index contributed by atoms with van der Waals surface area (Å²) in [7, 11) is 0. The van der Waals surface area contributed by atoms with Gasteiger partial charge in [-0.1, -0.05) is 0 Å². The zero-order chi connectivity index (χ0) is 12.0. The molecule has 7 heteroatoms. The van der Waals surface area contributed by atoms with Gasteiger partial charge in [0, 0.05) is 0 Å². The third-order valence-electron chi connectivity index (χ3n) is 1.65. The summed E-state index contributed by atoms with van der Waals surface area (Å²) in [5, 5.41) is 11.2. The number of rotatable bonds is 6. The smallest absolute Gasteiger partial charge is 0.229 e. The average Bonchev–Trinajstić information content (AvgIpc) is 2.27. The van der Waals surface area contributed by atoms with Gasteiger partial charge in [0.2, 0.25) is 37.8 Å². The van der Waals surface area contributed by atoms with Crippen molar-refractivity contribution in [3.05, 3.63) is 12.1 Å². The predicted molar refractivity (Wildman–Crippen MR) is 46.4 cm³/mol. The van der Waals surface area contributed by atoms with Crippen molar-refractivity contribution in [1.82, 2.24) is 0 Å². The van der Waals surface area contributed by atoms with E-state index >= 15 is 0 Å². The molecule has 0 heterocycles. The summed E-state index contributed by atoms with van der Waals surface area (Å²) in [5.74, 6) is -1.95. The van der Waals surface area contributed by atoms with E-state index < -0.39 is 37.8 Å². The first-order chi connectivity index (χ1) is 7.74. The van der Waals surface area contributed by atoms with E-state index in [2.05, 4.69) is 14.2 Å². The summed E-state index contributed by atoms with van der Waals surface area (Å²) in [6, 6.07) is 2.05. The lowest BCUT2D eigenvalue weighted by molar-refractivity contribution is 0.135. The summed E-state index contributed by atoms with van der Waals surface area (Å²) >= 11 is 0. The number of alkyl halides is 3. The van der Waals surface area contributed by atoms with E-state index in [1.807, 2.05) is 0 Å². The highest BCUT2D eigenvalue weighted by Gasteiger charge is 2.19. The summed E-state index contributed by atoms with van der Waals surface area (Å²) in [5.41, 5.74) is 0. The van der Waals surface area contributed by atoms with Crippen molar-refractivity contribution >= 4 is 0 Å². The Bertz CT molecular complexity index is 346. The van der Waals surface area contributed by atoms with Gasteiger partial charge in [-0.3, -0.25) is 5.11 Å². The third kappa shape index (κ3) is 2.62. The fourth-order valence-corrected chi connectivity index (χ4v) is 1.08. The molecule has 16 heavy (non-hydrogen) atoms. The van der Waals surface area contributed by atoms with E-state index in [1.54, 1.807) is 0 Å². The first kappa shape index (κ1) is 12.3. The van der Waals surface area contributed by atoms with Crippen molar-refractivity contribution < 1.29 is 32.5 Å². The maximum Gasteiger partial charge on any atom is 0.229 e. The Kier molecular flexibility index (Phi) is 4.56. The molecule has 1 aromatic rings. The van der Waals surface area contributed by atoms with Crippen LogP contribution in [0.15, 0.2) is 12.1 Å².